The first kappa shape index (κ1) is 21.4. The lowest BCUT2D eigenvalue weighted by molar-refractivity contribution is 0.0940. The van der Waals surface area contributed by atoms with Crippen LogP contribution >= 0.6 is 0 Å². The molecule has 0 aromatic heterocycles. The molecule has 0 spiro atoms. The Hall–Kier alpha value is -3.79. The van der Waals surface area contributed by atoms with Crippen LogP contribution in [0.2, 0.25) is 0 Å². The summed E-state index contributed by atoms with van der Waals surface area (Å²) in [5.74, 6) is 2.28. The van der Waals surface area contributed by atoms with Gasteiger partial charge in [-0.05, 0) is 91.7 Å². The number of benzene rings is 4. The van der Waals surface area contributed by atoms with Crippen molar-refractivity contribution in [1.29, 1.82) is 0 Å². The molecular formula is C28H27NO3. The monoisotopic (exact) mass is 425 g/mol. The van der Waals surface area contributed by atoms with Crippen molar-refractivity contribution in [1.82, 2.24) is 5.32 Å². The molecule has 32 heavy (non-hydrogen) atoms. The number of hydrogen-bond acceptors (Lipinski definition) is 3. The van der Waals surface area contributed by atoms with Gasteiger partial charge in [-0.15, -0.1) is 0 Å². The quantitative estimate of drug-likeness (QED) is 0.350. The highest BCUT2D eigenvalue weighted by atomic mass is 16.5. The Bertz CT molecular complexity index is 1200. The maximum Gasteiger partial charge on any atom is 0.251 e. The van der Waals surface area contributed by atoms with E-state index >= 15 is 0 Å². The summed E-state index contributed by atoms with van der Waals surface area (Å²) in [6.07, 6.45) is 0.140. The summed E-state index contributed by atoms with van der Waals surface area (Å²) in [4.78, 5) is 12.4. The fraction of sp³-hybridized carbons (Fsp3) is 0.179. The molecule has 0 aliphatic heterocycles. The van der Waals surface area contributed by atoms with Gasteiger partial charge in [-0.25, -0.2) is 0 Å². The first-order valence-corrected chi connectivity index (χ1v) is 10.8. The van der Waals surface area contributed by atoms with Gasteiger partial charge in [0.1, 0.15) is 17.2 Å². The number of fused-ring (bicyclic) bond motifs is 1. The molecule has 0 radical (unpaired) electrons. The Labute approximate surface area is 188 Å². The van der Waals surface area contributed by atoms with E-state index in [1.54, 1.807) is 0 Å². The lowest BCUT2D eigenvalue weighted by Crippen LogP contribution is -2.26. The van der Waals surface area contributed by atoms with Crippen molar-refractivity contribution in [2.75, 3.05) is 0 Å². The van der Waals surface area contributed by atoms with E-state index in [1.165, 1.54) is 0 Å². The number of carbonyl (C=O) groups excluding carboxylic acids is 1. The Morgan fingerprint density at radius 3 is 2.06 bits per heavy atom. The summed E-state index contributed by atoms with van der Waals surface area (Å²) in [7, 11) is 0. The van der Waals surface area contributed by atoms with Gasteiger partial charge in [0.15, 0.2) is 0 Å². The molecule has 1 atom stereocenters. The van der Waals surface area contributed by atoms with E-state index < -0.39 is 0 Å². The largest absolute Gasteiger partial charge is 0.491 e. The van der Waals surface area contributed by atoms with Gasteiger partial charge in [0, 0.05) is 5.56 Å². The summed E-state index contributed by atoms with van der Waals surface area (Å²) < 4.78 is 11.7. The first-order valence-electron chi connectivity index (χ1n) is 10.8. The molecular weight excluding hydrogens is 398 g/mol. The molecule has 1 amide bonds. The predicted octanol–water partition coefficient (Wildman–Crippen LogP) is 6.91. The molecule has 162 valence electrons. The van der Waals surface area contributed by atoms with Crippen LogP contribution in [0.4, 0.5) is 0 Å². The van der Waals surface area contributed by atoms with E-state index in [0.29, 0.717) is 5.56 Å². The SMILES string of the molecule is CC(C)Oc1ccc(Oc2ccc3cc(C(C)NC(=O)c4ccccc4)ccc3c2)cc1. The fourth-order valence-corrected chi connectivity index (χ4v) is 3.52. The molecule has 4 nitrogen and oxygen atoms in total. The number of nitrogens with one attached hydrogen (secondary N) is 1. The highest BCUT2D eigenvalue weighted by molar-refractivity contribution is 5.94. The molecule has 4 heteroatoms. The Balaban J connectivity index is 1.45. The van der Waals surface area contributed by atoms with E-state index in [0.717, 1.165) is 33.6 Å². The number of amides is 1. The van der Waals surface area contributed by atoms with Crippen LogP contribution in [0.25, 0.3) is 10.8 Å². The van der Waals surface area contributed by atoms with Crippen LogP contribution in [-0.2, 0) is 0 Å². The van der Waals surface area contributed by atoms with E-state index in [4.69, 9.17) is 9.47 Å². The minimum absolute atomic E-state index is 0.0771. The van der Waals surface area contributed by atoms with E-state index in [1.807, 2.05) is 99.6 Å². The standard InChI is InChI=1S/C28H27NO3/c1-19(2)31-25-13-15-26(16-14-25)32-27-12-11-23-17-22(9-10-24(23)18-27)20(3)29-28(30)21-7-5-4-6-8-21/h4-20H,1-3H3,(H,29,30). The third kappa shape index (κ3) is 5.27. The molecule has 4 aromatic carbocycles. The van der Waals surface area contributed by atoms with Crippen LogP contribution < -0.4 is 14.8 Å². The van der Waals surface area contributed by atoms with Gasteiger partial charge >= 0.3 is 0 Å². The lowest BCUT2D eigenvalue weighted by atomic mass is 10.0. The molecule has 4 aromatic rings. The van der Waals surface area contributed by atoms with E-state index in [9.17, 15) is 4.79 Å². The molecule has 1 unspecified atom stereocenters. The van der Waals surface area contributed by atoms with Gasteiger partial charge < -0.3 is 14.8 Å². The van der Waals surface area contributed by atoms with E-state index in [-0.39, 0.29) is 18.1 Å². The van der Waals surface area contributed by atoms with Crippen molar-refractivity contribution in [3.63, 3.8) is 0 Å². The Kier molecular flexibility index (Phi) is 6.41. The molecule has 0 aliphatic rings. The number of rotatable bonds is 7. The van der Waals surface area contributed by atoms with Crippen molar-refractivity contribution >= 4 is 16.7 Å². The molecule has 0 aliphatic carbocycles. The van der Waals surface area contributed by atoms with Crippen molar-refractivity contribution in [3.05, 3.63) is 102 Å². The highest BCUT2D eigenvalue weighted by Gasteiger charge is 2.12. The van der Waals surface area contributed by atoms with Gasteiger partial charge in [0.25, 0.3) is 5.91 Å². The van der Waals surface area contributed by atoms with Crippen molar-refractivity contribution in [2.24, 2.45) is 0 Å². The first-order chi connectivity index (χ1) is 15.5. The normalized spacial score (nSPS) is 11.9. The summed E-state index contributed by atoms with van der Waals surface area (Å²) in [6, 6.07) is 29.0. The predicted molar refractivity (Wildman–Crippen MR) is 129 cm³/mol. The topological polar surface area (TPSA) is 47.6 Å². The number of ether oxygens (including phenoxy) is 2. The second kappa shape index (κ2) is 9.56. The minimum Gasteiger partial charge on any atom is -0.491 e. The second-order valence-electron chi connectivity index (χ2n) is 8.07. The van der Waals surface area contributed by atoms with Crippen LogP contribution in [-0.4, -0.2) is 12.0 Å². The zero-order valence-corrected chi connectivity index (χ0v) is 18.5. The minimum atomic E-state index is -0.102. The lowest BCUT2D eigenvalue weighted by Gasteiger charge is -2.15. The molecule has 0 saturated heterocycles. The third-order valence-electron chi connectivity index (χ3n) is 5.15. The average Bonchev–Trinajstić information content (AvgIpc) is 2.80. The maximum atomic E-state index is 12.4. The second-order valence-corrected chi connectivity index (χ2v) is 8.07. The van der Waals surface area contributed by atoms with Gasteiger partial charge in [-0.2, -0.15) is 0 Å². The van der Waals surface area contributed by atoms with Crippen molar-refractivity contribution in [3.8, 4) is 17.2 Å². The van der Waals surface area contributed by atoms with Gasteiger partial charge in [0.2, 0.25) is 0 Å². The Morgan fingerprint density at radius 2 is 1.34 bits per heavy atom. The molecule has 4 rings (SSSR count). The van der Waals surface area contributed by atoms with Crippen LogP contribution in [0.1, 0.15) is 42.7 Å². The zero-order valence-electron chi connectivity index (χ0n) is 18.5. The van der Waals surface area contributed by atoms with Gasteiger partial charge in [-0.3, -0.25) is 4.79 Å². The van der Waals surface area contributed by atoms with Crippen LogP contribution in [0.5, 0.6) is 17.2 Å². The van der Waals surface area contributed by atoms with Crippen molar-refractivity contribution < 1.29 is 14.3 Å². The highest BCUT2D eigenvalue weighted by Crippen LogP contribution is 2.29. The smallest absolute Gasteiger partial charge is 0.251 e. The van der Waals surface area contributed by atoms with Gasteiger partial charge in [0.05, 0.1) is 12.1 Å². The van der Waals surface area contributed by atoms with Gasteiger partial charge in [-0.1, -0.05) is 36.4 Å². The van der Waals surface area contributed by atoms with Crippen LogP contribution in [0.3, 0.4) is 0 Å². The summed E-state index contributed by atoms with van der Waals surface area (Å²) in [5.41, 5.74) is 1.71. The molecule has 0 saturated carbocycles. The average molecular weight is 426 g/mol. The summed E-state index contributed by atoms with van der Waals surface area (Å²) in [5, 5.41) is 5.23. The fourth-order valence-electron chi connectivity index (χ4n) is 3.52. The summed E-state index contributed by atoms with van der Waals surface area (Å²) in [6.45, 7) is 6.00. The molecule has 1 N–H and O–H groups in total. The van der Waals surface area contributed by atoms with Crippen LogP contribution in [0.15, 0.2) is 91.0 Å². The van der Waals surface area contributed by atoms with E-state index in [2.05, 4.69) is 17.4 Å². The number of hydrogen-bond donors (Lipinski definition) is 1. The molecule has 0 fully saturated rings. The number of carbonyl (C=O) groups is 1. The maximum absolute atomic E-state index is 12.4. The summed E-state index contributed by atoms with van der Waals surface area (Å²) >= 11 is 0. The molecule has 0 bridgehead atoms. The Morgan fingerprint density at radius 1 is 0.719 bits per heavy atom. The third-order valence-corrected chi connectivity index (χ3v) is 5.15. The molecule has 0 heterocycles. The van der Waals surface area contributed by atoms with Crippen molar-refractivity contribution in [2.45, 2.75) is 32.9 Å². The zero-order chi connectivity index (χ0) is 22.5. The van der Waals surface area contributed by atoms with Crippen LogP contribution in [0, 0.1) is 0 Å².